The molecule has 0 aliphatic carbocycles. The zero-order chi connectivity index (χ0) is 16.0. The number of aromatic nitrogens is 4. The van der Waals surface area contributed by atoms with E-state index in [1.54, 1.807) is 4.57 Å². The van der Waals surface area contributed by atoms with Crippen molar-refractivity contribution in [1.82, 2.24) is 19.5 Å². The van der Waals surface area contributed by atoms with Crippen LogP contribution in [0.3, 0.4) is 0 Å². The molecule has 0 unspecified atom stereocenters. The predicted molar refractivity (Wildman–Crippen MR) is 77.1 cm³/mol. The number of aliphatic hydroxyl groups excluding tert-OH is 1. The first-order valence-corrected chi connectivity index (χ1v) is 8.32. The summed E-state index contributed by atoms with van der Waals surface area (Å²) >= 11 is 0. The van der Waals surface area contributed by atoms with E-state index < -0.39 is 26.3 Å². The Labute approximate surface area is 130 Å². The lowest BCUT2D eigenvalue weighted by Crippen LogP contribution is -2.30. The Morgan fingerprint density at radius 2 is 2.30 bits per heavy atom. The smallest absolute Gasteiger partial charge is 0.394 e. The van der Waals surface area contributed by atoms with E-state index in [4.69, 9.17) is 23.9 Å². The summed E-state index contributed by atoms with van der Waals surface area (Å²) < 4.78 is 34.2. The molecule has 0 bridgehead atoms. The van der Waals surface area contributed by atoms with Gasteiger partial charge in [-0.25, -0.2) is 19.5 Å². The van der Waals surface area contributed by atoms with Crippen molar-refractivity contribution in [1.29, 1.82) is 0 Å². The number of phosphoric acid groups is 1. The molecule has 2 aliphatic rings. The molecule has 2 aromatic rings. The molecule has 0 saturated carbocycles. The molecule has 2 saturated heterocycles. The van der Waals surface area contributed by atoms with E-state index in [1.807, 2.05) is 0 Å². The average molecular weight is 341 g/mol. The molecule has 4 heterocycles. The van der Waals surface area contributed by atoms with E-state index in [0.29, 0.717) is 17.6 Å². The molecule has 0 amide bonds. The van der Waals surface area contributed by atoms with E-state index >= 15 is 0 Å². The van der Waals surface area contributed by atoms with E-state index in [9.17, 15) is 9.67 Å². The van der Waals surface area contributed by atoms with Gasteiger partial charge in [-0.1, -0.05) is 0 Å². The summed E-state index contributed by atoms with van der Waals surface area (Å²) in [5.41, 5.74) is 6.72. The van der Waals surface area contributed by atoms with Crippen molar-refractivity contribution in [3.63, 3.8) is 0 Å². The summed E-state index contributed by atoms with van der Waals surface area (Å²) in [6, 6.07) is 0. The first-order valence-electron chi connectivity index (χ1n) is 6.86. The van der Waals surface area contributed by atoms with Crippen LogP contribution in [0, 0.1) is 0 Å². The minimum Gasteiger partial charge on any atom is -0.394 e. The van der Waals surface area contributed by atoms with Crippen LogP contribution in [0.1, 0.15) is 12.6 Å². The molecule has 2 aliphatic heterocycles. The molecule has 13 heteroatoms. The van der Waals surface area contributed by atoms with Crippen LogP contribution in [-0.4, -0.2) is 51.1 Å². The molecule has 0 aromatic carbocycles. The van der Waals surface area contributed by atoms with Gasteiger partial charge in [-0.05, 0) is 0 Å². The molecule has 3 atom stereocenters. The Balaban J connectivity index is 1.59. The second-order valence-electron chi connectivity index (χ2n) is 5.10. The van der Waals surface area contributed by atoms with E-state index in [2.05, 4.69) is 15.0 Å². The number of imidazole rings is 1. The molecule has 0 spiro atoms. The third-order valence-electron chi connectivity index (χ3n) is 3.74. The summed E-state index contributed by atoms with van der Waals surface area (Å²) in [4.78, 5) is 12.2. The summed E-state index contributed by atoms with van der Waals surface area (Å²) in [6.45, 7) is -0.301. The summed E-state index contributed by atoms with van der Waals surface area (Å²) in [6.07, 6.45) is 1.34. The minimum atomic E-state index is -3.51. The maximum absolute atomic E-state index is 11.9. The van der Waals surface area contributed by atoms with Gasteiger partial charge in [0, 0.05) is 6.42 Å². The van der Waals surface area contributed by atoms with Crippen LogP contribution >= 0.6 is 7.82 Å². The fourth-order valence-corrected chi connectivity index (χ4v) is 3.55. The molecule has 122 valence electrons. The highest BCUT2D eigenvalue weighted by Gasteiger charge is 2.46. The van der Waals surface area contributed by atoms with E-state index in [1.165, 1.54) is 12.7 Å². The van der Waals surface area contributed by atoms with Gasteiger partial charge in [0.25, 0.3) is 0 Å². The van der Waals surface area contributed by atoms with Crippen molar-refractivity contribution in [3.8, 4) is 0 Å². The Morgan fingerprint density at radius 1 is 1.48 bits per heavy atom. The fourth-order valence-electron chi connectivity index (χ4n) is 2.59. The Hall–Kier alpha value is -1.56. The van der Waals surface area contributed by atoms with Crippen molar-refractivity contribution in [2.45, 2.75) is 24.9 Å². The zero-order valence-corrected chi connectivity index (χ0v) is 12.7. The second kappa shape index (κ2) is 5.51. The normalized spacial score (nSPS) is 29.3. The van der Waals surface area contributed by atoms with Crippen LogP contribution in [0.2, 0.25) is 0 Å². The summed E-state index contributed by atoms with van der Waals surface area (Å²) in [5, 5.41) is 9.45. The summed E-state index contributed by atoms with van der Waals surface area (Å²) in [7, 11) is -3.58. The minimum absolute atomic E-state index is 0.0690. The van der Waals surface area contributed by atoms with Gasteiger partial charge < -0.3 is 24.5 Å². The van der Waals surface area contributed by atoms with Crippen LogP contribution in [0.5, 0.6) is 0 Å². The number of ether oxygens (including phenoxy) is 1. The van der Waals surface area contributed by atoms with Gasteiger partial charge in [0.05, 0.1) is 12.9 Å². The lowest BCUT2D eigenvalue weighted by Gasteiger charge is -2.28. The maximum Gasteiger partial charge on any atom is 0.456 e. The SMILES string of the molecule is Nc1ncnc2c1ncn2[C@H]1C[C@H](OP2(=O)OBO2)[C@@H](CO)O1. The van der Waals surface area contributed by atoms with Crippen LogP contribution in [0.25, 0.3) is 11.2 Å². The van der Waals surface area contributed by atoms with E-state index in [0.717, 1.165) is 0 Å². The van der Waals surface area contributed by atoms with Gasteiger partial charge in [0.1, 0.15) is 30.3 Å². The van der Waals surface area contributed by atoms with Crippen LogP contribution in [-0.2, 0) is 22.7 Å². The van der Waals surface area contributed by atoms with Crippen molar-refractivity contribution in [3.05, 3.63) is 12.7 Å². The van der Waals surface area contributed by atoms with Crippen molar-refractivity contribution in [2.24, 2.45) is 0 Å². The number of fused-ring (bicyclic) bond motifs is 1. The Kier molecular flexibility index (Phi) is 3.60. The van der Waals surface area contributed by atoms with Crippen molar-refractivity contribution in [2.75, 3.05) is 12.3 Å². The number of nitrogens with two attached hydrogens (primary N) is 1. The number of aliphatic hydroxyl groups is 1. The third-order valence-corrected chi connectivity index (χ3v) is 5.12. The van der Waals surface area contributed by atoms with Crippen LogP contribution in [0.4, 0.5) is 5.82 Å². The molecular weight excluding hydrogens is 328 g/mol. The van der Waals surface area contributed by atoms with Gasteiger partial charge in [-0.3, -0.25) is 9.09 Å². The number of anilines is 1. The lowest BCUT2D eigenvalue weighted by molar-refractivity contribution is -0.0436. The molecule has 4 rings (SSSR count). The molecule has 0 radical (unpaired) electrons. The lowest BCUT2D eigenvalue weighted by atomic mass is 10.2. The first kappa shape index (κ1) is 15.0. The van der Waals surface area contributed by atoms with Gasteiger partial charge in [-0.15, -0.1) is 0 Å². The fraction of sp³-hybridized carbons (Fsp3) is 0.500. The Morgan fingerprint density at radius 3 is 3.00 bits per heavy atom. The topological polar surface area (TPSA) is 144 Å². The first-order chi connectivity index (χ1) is 11.1. The Bertz CT molecular complexity index is 780. The molecule has 11 nitrogen and oxygen atoms in total. The molecule has 3 N–H and O–H groups in total. The van der Waals surface area contributed by atoms with Crippen molar-refractivity contribution < 1.29 is 27.8 Å². The predicted octanol–water partition coefficient (Wildman–Crippen LogP) is -0.505. The number of nitrogens with zero attached hydrogens (tertiary/aromatic N) is 4. The number of hydrogen-bond acceptors (Lipinski definition) is 10. The molecule has 2 fully saturated rings. The monoisotopic (exact) mass is 341 g/mol. The van der Waals surface area contributed by atoms with E-state index in [-0.39, 0.29) is 20.1 Å². The zero-order valence-electron chi connectivity index (χ0n) is 11.8. The van der Waals surface area contributed by atoms with Gasteiger partial charge in [0.15, 0.2) is 11.5 Å². The van der Waals surface area contributed by atoms with Crippen LogP contribution < -0.4 is 5.73 Å². The molecular formula is C10H13BN5O6P. The second-order valence-corrected chi connectivity index (χ2v) is 6.72. The maximum atomic E-state index is 11.9. The van der Waals surface area contributed by atoms with Crippen LogP contribution in [0.15, 0.2) is 12.7 Å². The standard InChI is InChI=1S/C10H13BN5O6P/c12-9-8-10(14-3-13-9)16(4-15-8)7-1-5(6(2-17)19-7)20-23(18)21-11-22-23/h3-7,11,17H,1-2H2,(H2,12,13,14)/t5-,6+,7+/m0/s1. The third kappa shape index (κ3) is 2.53. The number of hydrogen-bond donors (Lipinski definition) is 2. The molecule has 23 heavy (non-hydrogen) atoms. The summed E-state index contributed by atoms with van der Waals surface area (Å²) in [5.74, 6) is 0.263. The molecule has 2 aromatic heterocycles. The highest BCUT2D eigenvalue weighted by Crippen LogP contribution is 2.58. The average Bonchev–Trinajstić information content (AvgIpc) is 3.10. The number of nitrogen functional groups attached to an aromatic ring is 1. The quantitative estimate of drug-likeness (QED) is 0.551. The largest absolute Gasteiger partial charge is 0.456 e. The highest BCUT2D eigenvalue weighted by molar-refractivity contribution is 7.53. The van der Waals surface area contributed by atoms with Gasteiger partial charge in [-0.2, -0.15) is 0 Å². The van der Waals surface area contributed by atoms with Crippen molar-refractivity contribution >= 4 is 32.5 Å². The van der Waals surface area contributed by atoms with Gasteiger partial charge in [0.2, 0.25) is 0 Å². The highest BCUT2D eigenvalue weighted by atomic mass is 31.2. The number of rotatable bonds is 4. The van der Waals surface area contributed by atoms with Gasteiger partial charge >= 0.3 is 15.5 Å².